The molecule has 16 nitrogen and oxygen atoms in total. The highest BCUT2D eigenvalue weighted by molar-refractivity contribution is 7.62. The Balaban J connectivity index is 1.15. The highest BCUT2D eigenvalue weighted by Crippen LogP contribution is 2.65. The van der Waals surface area contributed by atoms with Gasteiger partial charge in [0.25, 0.3) is 5.56 Å². The van der Waals surface area contributed by atoms with Crippen molar-refractivity contribution in [2.75, 3.05) is 6.61 Å². The van der Waals surface area contributed by atoms with E-state index in [1.807, 2.05) is 0 Å². The molecule has 0 saturated carbocycles. The number of phosphoric acid groups is 2. The van der Waals surface area contributed by atoms with Crippen molar-refractivity contribution in [3.8, 4) is 5.75 Å². The number of phosphoric ester groups is 2. The molecule has 4 heterocycles. The minimum Gasteiger partial charge on any atom is -0.403 e. The summed E-state index contributed by atoms with van der Waals surface area (Å²) < 4.78 is 58.1. The molecule has 0 bridgehead atoms. The Labute approximate surface area is 241 Å². The summed E-state index contributed by atoms with van der Waals surface area (Å²) in [6.07, 6.45) is -5.31. The molecule has 2 aromatic carbocycles. The second-order valence-electron chi connectivity index (χ2n) is 9.82. The number of para-hydroxylation sites is 2. The summed E-state index contributed by atoms with van der Waals surface area (Å²) in [5.41, 5.74) is 0.361. The molecule has 4 aromatic rings. The van der Waals surface area contributed by atoms with E-state index >= 15 is 0 Å². The Morgan fingerprint density at radius 1 is 1.12 bits per heavy atom. The van der Waals surface area contributed by atoms with Gasteiger partial charge < -0.3 is 28.9 Å². The second-order valence-corrected chi connectivity index (χ2v) is 13.0. The van der Waals surface area contributed by atoms with Gasteiger partial charge in [-0.05, 0) is 24.6 Å². The van der Waals surface area contributed by atoms with Gasteiger partial charge in [-0.15, -0.1) is 0 Å². The van der Waals surface area contributed by atoms with Gasteiger partial charge in [0.05, 0.1) is 19.8 Å². The van der Waals surface area contributed by atoms with E-state index < -0.39 is 58.0 Å². The summed E-state index contributed by atoms with van der Waals surface area (Å²) in [6, 6.07) is 13.0. The molecule has 1 saturated heterocycles. The first-order valence-electron chi connectivity index (χ1n) is 12.8. The lowest BCUT2D eigenvalue weighted by Gasteiger charge is -2.27. The Bertz CT molecular complexity index is 1900. The van der Waals surface area contributed by atoms with E-state index in [-0.39, 0.29) is 18.9 Å². The van der Waals surface area contributed by atoms with Crippen molar-refractivity contribution in [3.05, 3.63) is 92.4 Å². The molecular formula is C25H25N3O13P2. The van der Waals surface area contributed by atoms with Crippen molar-refractivity contribution in [1.82, 2.24) is 14.3 Å². The molecule has 0 aliphatic carbocycles. The van der Waals surface area contributed by atoms with E-state index in [1.54, 1.807) is 49.4 Å². The number of aromatic nitrogens is 3. The normalized spacial score (nSPS) is 26.6. The number of rotatable bonds is 8. The zero-order valence-electron chi connectivity index (χ0n) is 22.3. The Morgan fingerprint density at radius 3 is 2.72 bits per heavy atom. The number of ether oxygens (including phenoxy) is 1. The fraction of sp³-hybridized carbons (Fsp3) is 0.320. The highest BCUT2D eigenvalue weighted by Gasteiger charge is 2.47. The Morgan fingerprint density at radius 2 is 1.91 bits per heavy atom. The quantitative estimate of drug-likeness (QED) is 0.236. The van der Waals surface area contributed by atoms with E-state index in [4.69, 9.17) is 27.1 Å². The molecule has 0 amide bonds. The van der Waals surface area contributed by atoms with Gasteiger partial charge in [-0.25, -0.2) is 13.9 Å². The summed E-state index contributed by atoms with van der Waals surface area (Å²) in [5, 5.41) is 25.7. The lowest BCUT2D eigenvalue weighted by Crippen LogP contribution is -2.43. The van der Waals surface area contributed by atoms with Crippen LogP contribution in [0.1, 0.15) is 23.0 Å². The Hall–Kier alpha value is -3.43. The van der Waals surface area contributed by atoms with Gasteiger partial charge in [-0.2, -0.15) is 4.31 Å². The summed E-state index contributed by atoms with van der Waals surface area (Å²) in [4.78, 5) is 36.1. The maximum atomic E-state index is 13.3. The van der Waals surface area contributed by atoms with Gasteiger partial charge in [0.15, 0.2) is 11.8 Å². The molecule has 43 heavy (non-hydrogen) atoms. The molecule has 18 heteroatoms. The molecule has 2 aromatic heterocycles. The molecule has 0 spiro atoms. The molecule has 3 N–H and O–H groups in total. The molecule has 228 valence electrons. The zero-order chi connectivity index (χ0) is 30.5. The molecular weight excluding hydrogens is 612 g/mol. The molecule has 3 unspecified atom stereocenters. The Kier molecular flexibility index (Phi) is 7.75. The number of aliphatic hydroxyl groups is 2. The van der Waals surface area contributed by atoms with Gasteiger partial charge in [0.1, 0.15) is 29.8 Å². The molecule has 6 atom stereocenters. The molecule has 2 aliphatic heterocycles. The first-order valence-corrected chi connectivity index (χ1v) is 15.8. The molecule has 1 fully saturated rings. The minimum atomic E-state index is -5.14. The van der Waals surface area contributed by atoms with Crippen LogP contribution in [0, 0.1) is 6.92 Å². The number of fused-ring (bicyclic) bond motifs is 2. The van der Waals surface area contributed by atoms with Gasteiger partial charge in [0, 0.05) is 23.2 Å². The number of benzene rings is 2. The van der Waals surface area contributed by atoms with Gasteiger partial charge in [-0.1, -0.05) is 35.5 Å². The molecule has 0 radical (unpaired) electrons. The smallest absolute Gasteiger partial charge is 0.403 e. The third-order valence-corrected chi connectivity index (χ3v) is 9.90. The average Bonchev–Trinajstić information content (AvgIpc) is 3.50. The van der Waals surface area contributed by atoms with Crippen molar-refractivity contribution < 1.29 is 51.4 Å². The van der Waals surface area contributed by atoms with E-state index in [9.17, 15) is 33.8 Å². The van der Waals surface area contributed by atoms with Gasteiger partial charge >= 0.3 is 21.3 Å². The SMILES string of the molecule is Cc1cccc2c1OP(=O)(OP(=O)(O)OC[C@H]1O[C@@H](n3ccc(=O)n(Cc4noc5ccccc45)c3=O)C(O)[C@H]1O)OC2. The van der Waals surface area contributed by atoms with E-state index in [0.717, 1.165) is 21.4 Å². The third kappa shape index (κ3) is 5.77. The van der Waals surface area contributed by atoms with Crippen LogP contribution in [0.5, 0.6) is 5.75 Å². The van der Waals surface area contributed by atoms with Crippen molar-refractivity contribution in [1.29, 1.82) is 0 Å². The third-order valence-electron chi connectivity index (χ3n) is 6.95. The topological polar surface area (TPSA) is 211 Å². The van der Waals surface area contributed by atoms with Crippen LogP contribution in [-0.2, 0) is 40.4 Å². The fourth-order valence-corrected chi connectivity index (χ4v) is 7.46. The van der Waals surface area contributed by atoms with Crippen LogP contribution in [0.15, 0.2) is 68.8 Å². The van der Waals surface area contributed by atoms with E-state index in [0.29, 0.717) is 27.8 Å². The predicted octanol–water partition coefficient (Wildman–Crippen LogP) is 1.98. The summed E-state index contributed by atoms with van der Waals surface area (Å²) in [7, 11) is -9.72. The van der Waals surface area contributed by atoms with Crippen molar-refractivity contribution in [2.24, 2.45) is 0 Å². The lowest BCUT2D eigenvalue weighted by molar-refractivity contribution is -0.0548. The van der Waals surface area contributed by atoms with Crippen LogP contribution in [0.4, 0.5) is 0 Å². The first kappa shape index (κ1) is 29.6. The van der Waals surface area contributed by atoms with Crippen LogP contribution < -0.4 is 15.8 Å². The number of aryl methyl sites for hydroxylation is 1. The monoisotopic (exact) mass is 637 g/mol. The standard InChI is InChI=1S/C25H25N3O13P2/c1-14-5-4-6-15-12-37-43(35,40-23(14)15)41-42(33,34)36-13-19-21(30)22(31)24(38-19)27-10-9-20(29)28(25(27)32)11-17-16-7-2-3-8-18(16)39-26-17/h2-10,19,21-22,24,30-31H,11-13H2,1H3,(H,33,34)/t19-,21+,22?,24-,43?/m1/s1. The van der Waals surface area contributed by atoms with Crippen molar-refractivity contribution in [2.45, 2.75) is 44.6 Å². The molecule has 6 rings (SSSR count). The number of aliphatic hydroxyl groups excluding tert-OH is 2. The number of nitrogens with zero attached hydrogens (tertiary/aromatic N) is 3. The van der Waals surface area contributed by atoms with Gasteiger partial charge in [0.2, 0.25) is 0 Å². The van der Waals surface area contributed by atoms with Crippen LogP contribution >= 0.6 is 15.6 Å². The predicted molar refractivity (Wildman–Crippen MR) is 145 cm³/mol. The second kappa shape index (κ2) is 11.2. The van der Waals surface area contributed by atoms with E-state index in [2.05, 4.69) is 5.16 Å². The van der Waals surface area contributed by atoms with Crippen LogP contribution in [0.3, 0.4) is 0 Å². The minimum absolute atomic E-state index is 0.182. The van der Waals surface area contributed by atoms with Gasteiger partial charge in [-0.3, -0.25) is 23.0 Å². The summed E-state index contributed by atoms with van der Waals surface area (Å²) in [6.45, 7) is 0.373. The zero-order valence-corrected chi connectivity index (χ0v) is 24.1. The molecule has 2 aliphatic rings. The van der Waals surface area contributed by atoms with Crippen molar-refractivity contribution >= 4 is 26.6 Å². The summed E-state index contributed by atoms with van der Waals surface area (Å²) in [5.74, 6) is 0.182. The first-order chi connectivity index (χ1) is 20.4. The average molecular weight is 637 g/mol. The summed E-state index contributed by atoms with van der Waals surface area (Å²) >= 11 is 0. The van der Waals surface area contributed by atoms with Crippen LogP contribution in [0.2, 0.25) is 0 Å². The highest BCUT2D eigenvalue weighted by atomic mass is 31.3. The van der Waals surface area contributed by atoms with E-state index in [1.165, 1.54) is 0 Å². The van der Waals surface area contributed by atoms with Crippen LogP contribution in [0.25, 0.3) is 11.0 Å². The van der Waals surface area contributed by atoms with Crippen LogP contribution in [-0.4, -0.2) is 54.3 Å². The fourth-order valence-electron chi connectivity index (χ4n) is 4.77. The number of hydrogen-bond acceptors (Lipinski definition) is 13. The largest absolute Gasteiger partial charge is 0.539 e. The lowest BCUT2D eigenvalue weighted by atomic mass is 10.1. The van der Waals surface area contributed by atoms with Crippen molar-refractivity contribution in [3.63, 3.8) is 0 Å². The maximum absolute atomic E-state index is 13.3. The maximum Gasteiger partial charge on any atom is 0.539 e. The number of hydrogen-bond donors (Lipinski definition) is 3.